The van der Waals surface area contributed by atoms with Gasteiger partial charge in [-0.15, -0.1) is 0 Å². The Morgan fingerprint density at radius 2 is 2.19 bits per heavy atom. The van der Waals surface area contributed by atoms with Gasteiger partial charge in [-0.05, 0) is 24.3 Å². The lowest BCUT2D eigenvalue weighted by Gasteiger charge is -2.18. The summed E-state index contributed by atoms with van der Waals surface area (Å²) in [6.07, 6.45) is 2.61. The van der Waals surface area contributed by atoms with E-state index in [0.717, 1.165) is 0 Å². The molecule has 3 rings (SSSR count). The maximum atomic E-state index is 12.4. The number of nitrogens with zero attached hydrogens (tertiary/aromatic N) is 3. The largest absolute Gasteiger partial charge is 0.487 e. The molecule has 26 heavy (non-hydrogen) atoms. The number of urea groups is 1. The van der Waals surface area contributed by atoms with Gasteiger partial charge >= 0.3 is 6.03 Å². The maximum Gasteiger partial charge on any atom is 0.322 e. The number of alkyl halides is 2. The highest BCUT2D eigenvalue weighted by molar-refractivity contribution is 5.90. The summed E-state index contributed by atoms with van der Waals surface area (Å²) in [5.74, 6) is 0.609. The predicted octanol–water partition coefficient (Wildman–Crippen LogP) is 2.81. The van der Waals surface area contributed by atoms with Crippen molar-refractivity contribution in [1.29, 1.82) is 0 Å². The van der Waals surface area contributed by atoms with Crippen LogP contribution in [0.15, 0.2) is 42.9 Å². The van der Waals surface area contributed by atoms with Gasteiger partial charge in [0.25, 0.3) is 6.43 Å². The van der Waals surface area contributed by atoms with Crippen molar-refractivity contribution in [3.63, 3.8) is 0 Å². The van der Waals surface area contributed by atoms with Crippen LogP contribution in [0.4, 0.5) is 19.3 Å². The van der Waals surface area contributed by atoms with Crippen molar-refractivity contribution >= 4 is 11.7 Å². The van der Waals surface area contributed by atoms with Gasteiger partial charge in [-0.3, -0.25) is 4.98 Å². The highest BCUT2D eigenvalue weighted by Gasteiger charge is 2.28. The zero-order valence-corrected chi connectivity index (χ0v) is 13.8. The fourth-order valence-electron chi connectivity index (χ4n) is 2.56. The van der Waals surface area contributed by atoms with Crippen LogP contribution in [0.1, 0.15) is 6.42 Å². The van der Waals surface area contributed by atoms with Crippen LogP contribution in [0.3, 0.4) is 0 Å². The van der Waals surface area contributed by atoms with E-state index in [4.69, 9.17) is 9.47 Å². The molecule has 3 heterocycles. The molecule has 2 amide bonds. The number of aromatic nitrogens is 2. The molecule has 0 spiro atoms. The van der Waals surface area contributed by atoms with E-state index in [1.54, 1.807) is 41.6 Å². The zero-order chi connectivity index (χ0) is 18.4. The Bertz CT molecular complexity index is 733. The third-order valence-corrected chi connectivity index (χ3v) is 3.73. The minimum atomic E-state index is -2.62. The molecule has 0 unspecified atom stereocenters. The molecule has 1 aliphatic rings. The maximum absolute atomic E-state index is 12.4. The van der Waals surface area contributed by atoms with Gasteiger partial charge in [0, 0.05) is 25.4 Å². The summed E-state index contributed by atoms with van der Waals surface area (Å²) < 4.78 is 35.4. The van der Waals surface area contributed by atoms with Crippen LogP contribution in [0.5, 0.6) is 11.6 Å². The first-order valence-electron chi connectivity index (χ1n) is 8.10. The molecule has 0 saturated carbocycles. The van der Waals surface area contributed by atoms with Crippen LogP contribution in [-0.2, 0) is 0 Å². The molecule has 1 atom stereocenters. The predicted molar refractivity (Wildman–Crippen MR) is 89.6 cm³/mol. The van der Waals surface area contributed by atoms with Crippen LogP contribution >= 0.6 is 0 Å². The molecule has 1 saturated heterocycles. The number of carbonyl (C=O) groups is 1. The van der Waals surface area contributed by atoms with E-state index in [9.17, 15) is 13.6 Å². The van der Waals surface area contributed by atoms with E-state index >= 15 is 0 Å². The van der Waals surface area contributed by atoms with Crippen molar-refractivity contribution in [3.8, 4) is 11.6 Å². The number of hydrogen-bond donors (Lipinski definition) is 1. The Morgan fingerprint density at radius 1 is 1.35 bits per heavy atom. The number of amides is 2. The number of carbonyl (C=O) groups excluding carboxylic acids is 1. The van der Waals surface area contributed by atoms with Crippen molar-refractivity contribution in [2.24, 2.45) is 0 Å². The fourth-order valence-corrected chi connectivity index (χ4v) is 2.56. The number of halogens is 2. The van der Waals surface area contributed by atoms with Gasteiger partial charge in [0.05, 0.1) is 12.7 Å². The smallest absolute Gasteiger partial charge is 0.322 e. The molecule has 1 aliphatic heterocycles. The molecule has 0 aliphatic carbocycles. The van der Waals surface area contributed by atoms with Crippen LogP contribution < -0.4 is 14.8 Å². The van der Waals surface area contributed by atoms with E-state index in [2.05, 4.69) is 15.3 Å². The first-order chi connectivity index (χ1) is 12.6. The lowest BCUT2D eigenvalue weighted by Crippen LogP contribution is -2.34. The van der Waals surface area contributed by atoms with Gasteiger partial charge in [-0.2, -0.15) is 0 Å². The molecule has 0 aromatic carbocycles. The molecular formula is C17H18F2N4O3. The average Bonchev–Trinajstić information content (AvgIpc) is 3.10. The third-order valence-electron chi connectivity index (χ3n) is 3.73. The van der Waals surface area contributed by atoms with Gasteiger partial charge in [-0.1, -0.05) is 0 Å². The number of ether oxygens (including phenoxy) is 2. The molecule has 1 fully saturated rings. The second kappa shape index (κ2) is 8.41. The monoisotopic (exact) mass is 364 g/mol. The number of anilines is 1. The molecule has 9 heteroatoms. The van der Waals surface area contributed by atoms with Crippen molar-refractivity contribution in [2.75, 3.05) is 25.0 Å². The highest BCUT2D eigenvalue weighted by atomic mass is 19.3. The molecule has 1 N–H and O–H groups in total. The number of rotatable bonds is 6. The van der Waals surface area contributed by atoms with Crippen molar-refractivity contribution in [2.45, 2.75) is 19.0 Å². The molecule has 138 valence electrons. The summed E-state index contributed by atoms with van der Waals surface area (Å²) in [6, 6.07) is 6.35. The van der Waals surface area contributed by atoms with E-state index in [-0.39, 0.29) is 23.7 Å². The Kier molecular flexibility index (Phi) is 5.77. The first kappa shape index (κ1) is 17.8. The van der Waals surface area contributed by atoms with Crippen LogP contribution in [-0.4, -0.2) is 53.1 Å². The van der Waals surface area contributed by atoms with E-state index < -0.39 is 13.0 Å². The van der Waals surface area contributed by atoms with E-state index in [1.165, 1.54) is 6.20 Å². The van der Waals surface area contributed by atoms with Gasteiger partial charge < -0.3 is 19.7 Å². The molecule has 0 radical (unpaired) electrons. The standard InChI is InChI=1S/C17H18F2N4O3/c18-15(19)11-25-16-14(4-2-7-21-16)22-17(24)23-8-5-13(10-23)26-12-3-1-6-20-9-12/h1-4,6-7,9,13,15H,5,8,10-11H2,(H,22,24)/t13-/m1/s1. The number of nitrogens with one attached hydrogen (secondary N) is 1. The number of likely N-dealkylation sites (tertiary alicyclic amines) is 1. The van der Waals surface area contributed by atoms with Gasteiger partial charge in [0.1, 0.15) is 17.5 Å². The molecule has 7 nitrogen and oxygen atoms in total. The Morgan fingerprint density at radius 3 is 2.96 bits per heavy atom. The van der Waals surface area contributed by atoms with Crippen molar-refractivity contribution < 1.29 is 23.0 Å². The topological polar surface area (TPSA) is 76.6 Å². The average molecular weight is 364 g/mol. The summed E-state index contributed by atoms with van der Waals surface area (Å²) in [4.78, 5) is 21.9. The second-order valence-corrected chi connectivity index (χ2v) is 5.65. The highest BCUT2D eigenvalue weighted by Crippen LogP contribution is 2.23. The van der Waals surface area contributed by atoms with Crippen LogP contribution in [0, 0.1) is 0 Å². The number of pyridine rings is 2. The molecule has 2 aromatic rings. The van der Waals surface area contributed by atoms with Crippen LogP contribution in [0.25, 0.3) is 0 Å². The van der Waals surface area contributed by atoms with E-state index in [1.807, 2.05) is 0 Å². The van der Waals surface area contributed by atoms with Gasteiger partial charge in [-0.25, -0.2) is 18.6 Å². The first-order valence-corrected chi connectivity index (χ1v) is 8.10. The van der Waals surface area contributed by atoms with Crippen molar-refractivity contribution in [3.05, 3.63) is 42.9 Å². The summed E-state index contributed by atoms with van der Waals surface area (Å²) in [5.41, 5.74) is 0.245. The minimum Gasteiger partial charge on any atom is -0.487 e. The lowest BCUT2D eigenvalue weighted by atomic mass is 10.3. The quantitative estimate of drug-likeness (QED) is 0.853. The Balaban J connectivity index is 1.56. The Hall–Kier alpha value is -2.97. The van der Waals surface area contributed by atoms with Crippen molar-refractivity contribution in [1.82, 2.24) is 14.9 Å². The lowest BCUT2D eigenvalue weighted by molar-refractivity contribution is 0.0800. The molecule has 2 aromatic heterocycles. The fraction of sp³-hybridized carbons (Fsp3) is 0.353. The SMILES string of the molecule is O=C(Nc1cccnc1OCC(F)F)N1CC[C@@H](Oc2cccnc2)C1. The summed E-state index contributed by atoms with van der Waals surface area (Å²) in [7, 11) is 0. The summed E-state index contributed by atoms with van der Waals surface area (Å²) >= 11 is 0. The Labute approximate surface area is 149 Å². The molecular weight excluding hydrogens is 346 g/mol. The second-order valence-electron chi connectivity index (χ2n) is 5.65. The van der Waals surface area contributed by atoms with Gasteiger partial charge in [0.15, 0.2) is 6.61 Å². The van der Waals surface area contributed by atoms with E-state index in [0.29, 0.717) is 25.3 Å². The molecule has 0 bridgehead atoms. The zero-order valence-electron chi connectivity index (χ0n) is 13.8. The third kappa shape index (κ3) is 4.78. The van der Waals surface area contributed by atoms with Gasteiger partial charge in [0.2, 0.25) is 5.88 Å². The minimum absolute atomic E-state index is 0.0384. The summed E-state index contributed by atoms with van der Waals surface area (Å²) in [6.45, 7) is 0.142. The van der Waals surface area contributed by atoms with Crippen LogP contribution in [0.2, 0.25) is 0 Å². The number of hydrogen-bond acceptors (Lipinski definition) is 5. The summed E-state index contributed by atoms with van der Waals surface area (Å²) in [5, 5.41) is 2.65. The normalized spacial score (nSPS) is 16.6.